The van der Waals surface area contributed by atoms with E-state index in [-0.39, 0.29) is 11.7 Å². The predicted octanol–water partition coefficient (Wildman–Crippen LogP) is 6.07. The maximum absolute atomic E-state index is 12.5. The number of aromatic nitrogens is 3. The predicted molar refractivity (Wildman–Crippen MR) is 132 cm³/mol. The Bertz CT molecular complexity index is 1410. The molecule has 0 aliphatic rings. The topological polar surface area (TPSA) is 70.7 Å². The number of benzene rings is 4. The van der Waals surface area contributed by atoms with Crippen molar-refractivity contribution in [2.24, 2.45) is 0 Å². The van der Waals surface area contributed by atoms with Gasteiger partial charge in [-0.3, -0.25) is 4.79 Å². The summed E-state index contributed by atoms with van der Waals surface area (Å²) < 4.78 is 0. The maximum Gasteiger partial charge on any atom is 0.234 e. The quantitative estimate of drug-likeness (QED) is 0.249. The van der Waals surface area contributed by atoms with E-state index >= 15 is 0 Å². The Kier molecular flexibility index (Phi) is 5.60. The van der Waals surface area contributed by atoms with Crippen molar-refractivity contribution in [1.29, 1.82) is 0 Å². The molecule has 0 saturated carbocycles. The van der Waals surface area contributed by atoms with Crippen LogP contribution in [0.2, 0.25) is 0 Å². The Hall–Kier alpha value is -3.64. The second kappa shape index (κ2) is 8.85. The number of H-pyrrole nitrogens is 1. The van der Waals surface area contributed by atoms with Gasteiger partial charge in [-0.25, -0.2) is 0 Å². The van der Waals surface area contributed by atoms with Crippen LogP contribution >= 0.6 is 11.8 Å². The lowest BCUT2D eigenvalue weighted by molar-refractivity contribution is -0.113. The number of amides is 1. The molecule has 0 spiro atoms. The van der Waals surface area contributed by atoms with Crippen molar-refractivity contribution in [3.05, 3.63) is 84.4 Å². The van der Waals surface area contributed by atoms with Gasteiger partial charge in [0.2, 0.25) is 5.91 Å². The smallest absolute Gasteiger partial charge is 0.234 e. The number of aromatic amines is 1. The molecule has 0 unspecified atom stereocenters. The van der Waals surface area contributed by atoms with Gasteiger partial charge in [0.05, 0.1) is 5.75 Å². The van der Waals surface area contributed by atoms with Crippen molar-refractivity contribution >= 4 is 44.9 Å². The number of nitrogens with one attached hydrogen (secondary N) is 2. The number of nitrogens with zero attached hydrogens (tertiary/aromatic N) is 2. The van der Waals surface area contributed by atoms with Gasteiger partial charge < -0.3 is 10.3 Å². The Labute approximate surface area is 190 Å². The van der Waals surface area contributed by atoms with Gasteiger partial charge in [0.1, 0.15) is 0 Å². The lowest BCUT2D eigenvalue weighted by Gasteiger charge is -2.07. The van der Waals surface area contributed by atoms with Gasteiger partial charge >= 0.3 is 0 Å². The Morgan fingerprint density at radius 2 is 1.59 bits per heavy atom. The van der Waals surface area contributed by atoms with E-state index in [2.05, 4.69) is 63.8 Å². The van der Waals surface area contributed by atoms with E-state index < -0.39 is 0 Å². The minimum atomic E-state index is -0.0830. The summed E-state index contributed by atoms with van der Waals surface area (Å²) in [7, 11) is 0. The van der Waals surface area contributed by atoms with E-state index in [0.717, 1.165) is 28.4 Å². The molecule has 6 heteroatoms. The van der Waals surface area contributed by atoms with Gasteiger partial charge in [-0.15, -0.1) is 10.2 Å². The molecule has 1 amide bonds. The molecule has 4 aromatic carbocycles. The lowest BCUT2D eigenvalue weighted by Crippen LogP contribution is -2.14. The number of hydrogen-bond donors (Lipinski definition) is 2. The molecule has 5 rings (SSSR count). The monoisotopic (exact) mass is 438 g/mol. The largest absolute Gasteiger partial charge is 0.325 e. The molecule has 5 nitrogen and oxygen atoms in total. The molecular formula is C26H22N4OS. The zero-order valence-corrected chi connectivity index (χ0v) is 18.4. The van der Waals surface area contributed by atoms with Crippen LogP contribution in [-0.2, 0) is 11.2 Å². The van der Waals surface area contributed by atoms with E-state index in [4.69, 9.17) is 0 Å². The van der Waals surface area contributed by atoms with Gasteiger partial charge in [-0.2, -0.15) is 0 Å². The van der Waals surface area contributed by atoms with Crippen molar-refractivity contribution in [3.63, 3.8) is 0 Å². The highest BCUT2D eigenvalue weighted by molar-refractivity contribution is 7.99. The van der Waals surface area contributed by atoms with E-state index in [0.29, 0.717) is 11.0 Å². The van der Waals surface area contributed by atoms with E-state index in [1.807, 2.05) is 42.5 Å². The number of hydrogen-bond acceptors (Lipinski definition) is 4. The van der Waals surface area contributed by atoms with Crippen molar-refractivity contribution in [1.82, 2.24) is 15.2 Å². The molecule has 32 heavy (non-hydrogen) atoms. The second-order valence-corrected chi connectivity index (χ2v) is 8.59. The van der Waals surface area contributed by atoms with E-state index in [9.17, 15) is 4.79 Å². The first-order valence-electron chi connectivity index (χ1n) is 10.5. The van der Waals surface area contributed by atoms with Crippen LogP contribution in [0.1, 0.15) is 12.5 Å². The molecule has 5 aromatic rings. The summed E-state index contributed by atoms with van der Waals surface area (Å²) in [5, 5.41) is 16.6. The number of aryl methyl sites for hydroxylation is 1. The van der Waals surface area contributed by atoms with Crippen LogP contribution in [0.15, 0.2) is 84.0 Å². The number of carbonyl (C=O) groups excluding carboxylic acids is 1. The van der Waals surface area contributed by atoms with Crippen LogP contribution in [0, 0.1) is 0 Å². The molecule has 0 bridgehead atoms. The summed E-state index contributed by atoms with van der Waals surface area (Å²) in [4.78, 5) is 15.7. The number of anilines is 1. The summed E-state index contributed by atoms with van der Waals surface area (Å²) in [5.41, 5.74) is 3.05. The van der Waals surface area contributed by atoms with Crippen LogP contribution < -0.4 is 5.32 Å². The van der Waals surface area contributed by atoms with Crippen LogP contribution in [0.3, 0.4) is 0 Å². The minimum absolute atomic E-state index is 0.0830. The second-order valence-electron chi connectivity index (χ2n) is 7.63. The Morgan fingerprint density at radius 3 is 2.34 bits per heavy atom. The highest BCUT2D eigenvalue weighted by Gasteiger charge is 2.10. The van der Waals surface area contributed by atoms with Crippen LogP contribution in [0.5, 0.6) is 0 Å². The fraction of sp³-hybridized carbons (Fsp3) is 0.115. The molecule has 1 aromatic heterocycles. The van der Waals surface area contributed by atoms with Gasteiger partial charge in [-0.1, -0.05) is 73.3 Å². The molecule has 1 heterocycles. The summed E-state index contributed by atoms with van der Waals surface area (Å²) >= 11 is 1.34. The SMILES string of the molecule is CCc1ccc(-c2nnc(SCC(=O)Nc3ccc4cc5ccccc5cc4c3)[nH]2)cc1. The third kappa shape index (κ3) is 4.36. The number of rotatable bonds is 6. The summed E-state index contributed by atoms with van der Waals surface area (Å²) in [5.74, 6) is 0.872. The lowest BCUT2D eigenvalue weighted by atomic mass is 10.0. The zero-order chi connectivity index (χ0) is 21.9. The van der Waals surface area contributed by atoms with Crippen LogP contribution in [0.4, 0.5) is 5.69 Å². The third-order valence-electron chi connectivity index (χ3n) is 5.43. The summed E-state index contributed by atoms with van der Waals surface area (Å²) in [6.07, 6.45) is 1.00. The maximum atomic E-state index is 12.5. The van der Waals surface area contributed by atoms with E-state index in [1.165, 1.54) is 28.1 Å². The molecular weight excluding hydrogens is 416 g/mol. The summed E-state index contributed by atoms with van der Waals surface area (Å²) in [6.45, 7) is 2.13. The number of fused-ring (bicyclic) bond motifs is 2. The Morgan fingerprint density at radius 1 is 0.875 bits per heavy atom. The molecule has 0 atom stereocenters. The first kappa shape index (κ1) is 20.3. The van der Waals surface area contributed by atoms with Crippen molar-refractivity contribution in [2.45, 2.75) is 18.5 Å². The summed E-state index contributed by atoms with van der Waals surface area (Å²) in [6, 6.07) is 26.8. The minimum Gasteiger partial charge on any atom is -0.325 e. The number of carbonyl (C=O) groups is 1. The average Bonchev–Trinajstić information content (AvgIpc) is 3.30. The fourth-order valence-corrected chi connectivity index (χ4v) is 4.30. The van der Waals surface area contributed by atoms with Crippen molar-refractivity contribution in [3.8, 4) is 11.4 Å². The average molecular weight is 439 g/mol. The van der Waals surface area contributed by atoms with Crippen LogP contribution in [0.25, 0.3) is 32.9 Å². The molecule has 158 valence electrons. The van der Waals surface area contributed by atoms with Gasteiger partial charge in [0.25, 0.3) is 0 Å². The van der Waals surface area contributed by atoms with Gasteiger partial charge in [0.15, 0.2) is 11.0 Å². The van der Waals surface area contributed by atoms with Crippen LogP contribution in [-0.4, -0.2) is 26.8 Å². The zero-order valence-electron chi connectivity index (χ0n) is 17.6. The molecule has 0 saturated heterocycles. The molecule has 0 aliphatic carbocycles. The first-order valence-corrected chi connectivity index (χ1v) is 11.5. The number of thioether (sulfide) groups is 1. The van der Waals surface area contributed by atoms with E-state index in [1.54, 1.807) is 0 Å². The fourth-order valence-electron chi connectivity index (χ4n) is 3.69. The normalized spacial score (nSPS) is 11.2. The third-order valence-corrected chi connectivity index (χ3v) is 6.29. The highest BCUT2D eigenvalue weighted by atomic mass is 32.2. The molecule has 0 fully saturated rings. The van der Waals surface area contributed by atoms with Gasteiger partial charge in [-0.05, 0) is 57.8 Å². The molecule has 0 aliphatic heterocycles. The molecule has 2 N–H and O–H groups in total. The first-order chi connectivity index (χ1) is 15.7. The Balaban J connectivity index is 1.23. The molecule has 0 radical (unpaired) electrons. The standard InChI is InChI=1S/C26H22N4OS/c1-2-17-7-9-18(10-8-17)25-28-26(30-29-25)32-16-24(31)27-23-12-11-21-13-19-5-3-4-6-20(19)14-22(21)15-23/h3-15H,2,16H2,1H3,(H,27,31)(H,28,29,30). The van der Waals surface area contributed by atoms with Crippen molar-refractivity contribution < 1.29 is 4.79 Å². The van der Waals surface area contributed by atoms with Crippen molar-refractivity contribution in [2.75, 3.05) is 11.1 Å². The van der Waals surface area contributed by atoms with Gasteiger partial charge in [0, 0.05) is 11.3 Å². The highest BCUT2D eigenvalue weighted by Crippen LogP contribution is 2.26.